The number of anilines is 1. The SMILES string of the molecule is COc1ccc(-n2cc(-c3ccc(Cl)cc3)c3c(NN)ncnc32)cc1. The maximum atomic E-state index is 6.03. The predicted molar refractivity (Wildman–Crippen MR) is 104 cm³/mol. The molecule has 7 heteroatoms. The van der Waals surface area contributed by atoms with Crippen LogP contribution in [0.2, 0.25) is 5.02 Å². The van der Waals surface area contributed by atoms with E-state index in [4.69, 9.17) is 22.2 Å². The van der Waals surface area contributed by atoms with Gasteiger partial charge in [-0.15, -0.1) is 0 Å². The molecule has 0 bridgehead atoms. The van der Waals surface area contributed by atoms with Crippen LogP contribution in [0.5, 0.6) is 5.75 Å². The Balaban J connectivity index is 1.98. The lowest BCUT2D eigenvalue weighted by atomic mass is 10.1. The molecule has 0 radical (unpaired) electrons. The zero-order valence-electron chi connectivity index (χ0n) is 14.0. The van der Waals surface area contributed by atoms with Crippen molar-refractivity contribution in [1.29, 1.82) is 0 Å². The molecule has 4 rings (SSSR count). The summed E-state index contributed by atoms with van der Waals surface area (Å²) in [4.78, 5) is 8.73. The molecule has 6 nitrogen and oxygen atoms in total. The van der Waals surface area contributed by atoms with Crippen LogP contribution in [0.1, 0.15) is 0 Å². The maximum Gasteiger partial charge on any atom is 0.153 e. The van der Waals surface area contributed by atoms with Gasteiger partial charge in [0, 0.05) is 22.5 Å². The molecule has 0 atom stereocenters. The smallest absolute Gasteiger partial charge is 0.153 e. The molecule has 2 heterocycles. The first-order chi connectivity index (χ1) is 12.7. The van der Waals surface area contributed by atoms with Crippen molar-refractivity contribution in [3.05, 3.63) is 66.1 Å². The van der Waals surface area contributed by atoms with E-state index in [0.29, 0.717) is 10.8 Å². The van der Waals surface area contributed by atoms with Crippen LogP contribution in [0.4, 0.5) is 5.82 Å². The Morgan fingerprint density at radius 2 is 1.77 bits per heavy atom. The Labute approximate surface area is 155 Å². The molecule has 0 saturated carbocycles. The van der Waals surface area contributed by atoms with Gasteiger partial charge in [0.25, 0.3) is 0 Å². The molecule has 2 aromatic heterocycles. The lowest BCUT2D eigenvalue weighted by Gasteiger charge is -2.06. The van der Waals surface area contributed by atoms with Gasteiger partial charge in [-0.2, -0.15) is 0 Å². The highest BCUT2D eigenvalue weighted by molar-refractivity contribution is 6.30. The summed E-state index contributed by atoms with van der Waals surface area (Å²) in [6.07, 6.45) is 3.51. The normalized spacial score (nSPS) is 10.9. The fourth-order valence-corrected chi connectivity index (χ4v) is 3.09. The van der Waals surface area contributed by atoms with Crippen molar-refractivity contribution >= 4 is 28.5 Å². The molecule has 26 heavy (non-hydrogen) atoms. The molecular weight excluding hydrogens is 350 g/mol. The molecule has 2 aromatic carbocycles. The van der Waals surface area contributed by atoms with E-state index in [-0.39, 0.29) is 0 Å². The van der Waals surface area contributed by atoms with E-state index < -0.39 is 0 Å². The van der Waals surface area contributed by atoms with Crippen molar-refractivity contribution in [3.63, 3.8) is 0 Å². The fourth-order valence-electron chi connectivity index (χ4n) is 2.96. The van der Waals surface area contributed by atoms with Crippen molar-refractivity contribution in [2.45, 2.75) is 0 Å². The summed E-state index contributed by atoms with van der Waals surface area (Å²) in [6, 6.07) is 15.4. The number of benzene rings is 2. The van der Waals surface area contributed by atoms with Crippen LogP contribution in [-0.2, 0) is 0 Å². The minimum absolute atomic E-state index is 0.562. The zero-order valence-corrected chi connectivity index (χ0v) is 14.7. The summed E-state index contributed by atoms with van der Waals surface area (Å²) >= 11 is 6.03. The van der Waals surface area contributed by atoms with Crippen LogP contribution in [0.25, 0.3) is 27.8 Å². The number of ether oxygens (including phenoxy) is 1. The van der Waals surface area contributed by atoms with Gasteiger partial charge in [0.1, 0.15) is 12.1 Å². The average molecular weight is 366 g/mol. The Bertz CT molecular complexity index is 1060. The first kappa shape index (κ1) is 16.4. The Hall–Kier alpha value is -3.09. The molecule has 0 aliphatic rings. The number of fused-ring (bicyclic) bond motifs is 1. The van der Waals surface area contributed by atoms with Crippen LogP contribution in [0.15, 0.2) is 61.1 Å². The van der Waals surface area contributed by atoms with Crippen LogP contribution in [0, 0.1) is 0 Å². The van der Waals surface area contributed by atoms with Gasteiger partial charge in [-0.3, -0.25) is 0 Å². The summed E-state index contributed by atoms with van der Waals surface area (Å²) in [7, 11) is 1.64. The topological polar surface area (TPSA) is 78.0 Å². The second kappa shape index (κ2) is 6.67. The van der Waals surface area contributed by atoms with Crippen molar-refractivity contribution in [2.75, 3.05) is 12.5 Å². The summed E-state index contributed by atoms with van der Waals surface area (Å²) in [5.41, 5.74) is 6.33. The Kier molecular flexibility index (Phi) is 4.20. The molecule has 0 unspecified atom stereocenters. The monoisotopic (exact) mass is 365 g/mol. The number of hydrazine groups is 1. The van der Waals surface area contributed by atoms with Crippen LogP contribution in [0.3, 0.4) is 0 Å². The van der Waals surface area contributed by atoms with Crippen LogP contribution in [-0.4, -0.2) is 21.6 Å². The lowest BCUT2D eigenvalue weighted by Crippen LogP contribution is -2.09. The number of halogens is 1. The van der Waals surface area contributed by atoms with E-state index >= 15 is 0 Å². The Morgan fingerprint density at radius 3 is 2.42 bits per heavy atom. The second-order valence-corrected chi connectivity index (χ2v) is 6.12. The molecule has 0 aliphatic heterocycles. The summed E-state index contributed by atoms with van der Waals surface area (Å²) in [5, 5.41) is 1.52. The number of hydrogen-bond donors (Lipinski definition) is 2. The van der Waals surface area contributed by atoms with Crippen molar-refractivity contribution in [1.82, 2.24) is 14.5 Å². The van der Waals surface area contributed by atoms with Crippen LogP contribution >= 0.6 is 11.6 Å². The van der Waals surface area contributed by atoms with Crippen LogP contribution < -0.4 is 16.0 Å². The van der Waals surface area contributed by atoms with E-state index in [2.05, 4.69) is 15.4 Å². The van der Waals surface area contributed by atoms with Gasteiger partial charge >= 0.3 is 0 Å². The first-order valence-corrected chi connectivity index (χ1v) is 8.32. The lowest BCUT2D eigenvalue weighted by molar-refractivity contribution is 0.415. The number of nitrogens with one attached hydrogen (secondary N) is 1. The minimum Gasteiger partial charge on any atom is -0.497 e. The Morgan fingerprint density at radius 1 is 1.04 bits per heavy atom. The highest BCUT2D eigenvalue weighted by atomic mass is 35.5. The number of nitrogens with zero attached hydrogens (tertiary/aromatic N) is 3. The molecular formula is C19H16ClN5O. The number of methoxy groups -OCH3 is 1. The molecule has 3 N–H and O–H groups in total. The van der Waals surface area contributed by atoms with E-state index in [1.807, 2.05) is 59.3 Å². The number of aromatic nitrogens is 3. The summed E-state index contributed by atoms with van der Waals surface area (Å²) < 4.78 is 7.24. The van der Waals surface area contributed by atoms with E-state index in [1.165, 1.54) is 6.33 Å². The van der Waals surface area contributed by atoms with Gasteiger partial charge in [-0.05, 0) is 42.0 Å². The molecule has 0 amide bonds. The number of hydrogen-bond acceptors (Lipinski definition) is 5. The van der Waals surface area contributed by atoms with Gasteiger partial charge in [-0.1, -0.05) is 23.7 Å². The number of nitrogen functional groups attached to an aromatic ring is 1. The number of nitrogens with two attached hydrogens (primary N) is 1. The molecule has 4 aromatic rings. The largest absolute Gasteiger partial charge is 0.497 e. The first-order valence-electron chi connectivity index (χ1n) is 7.94. The summed E-state index contributed by atoms with van der Waals surface area (Å²) in [5.74, 6) is 7.04. The second-order valence-electron chi connectivity index (χ2n) is 5.68. The molecule has 0 spiro atoms. The molecule has 0 aliphatic carbocycles. The summed E-state index contributed by atoms with van der Waals surface area (Å²) in [6.45, 7) is 0. The molecule has 0 saturated heterocycles. The van der Waals surface area contributed by atoms with Crippen molar-refractivity contribution in [3.8, 4) is 22.6 Å². The minimum atomic E-state index is 0.562. The standard InChI is InChI=1S/C19H16ClN5O/c1-26-15-8-6-14(7-9-15)25-10-16(12-2-4-13(20)5-3-12)17-18(24-21)22-11-23-19(17)25/h2-11H,21H2,1H3,(H,22,23,24). The number of rotatable bonds is 4. The third-order valence-corrected chi connectivity index (χ3v) is 4.48. The quantitative estimate of drug-likeness (QED) is 0.421. The highest BCUT2D eigenvalue weighted by Gasteiger charge is 2.17. The van der Waals surface area contributed by atoms with Gasteiger partial charge in [-0.25, -0.2) is 15.8 Å². The van der Waals surface area contributed by atoms with Crippen molar-refractivity contribution in [2.24, 2.45) is 5.84 Å². The van der Waals surface area contributed by atoms with Gasteiger partial charge in [0.15, 0.2) is 11.5 Å². The van der Waals surface area contributed by atoms with Gasteiger partial charge in [0.2, 0.25) is 0 Å². The third-order valence-electron chi connectivity index (χ3n) is 4.23. The van der Waals surface area contributed by atoms with E-state index in [9.17, 15) is 0 Å². The van der Waals surface area contributed by atoms with Crippen molar-refractivity contribution < 1.29 is 4.74 Å². The maximum absolute atomic E-state index is 6.03. The molecule has 130 valence electrons. The van der Waals surface area contributed by atoms with E-state index in [1.54, 1.807) is 7.11 Å². The van der Waals surface area contributed by atoms with Gasteiger partial charge in [0.05, 0.1) is 12.5 Å². The zero-order chi connectivity index (χ0) is 18.1. The highest BCUT2D eigenvalue weighted by Crippen LogP contribution is 2.35. The average Bonchev–Trinajstić information content (AvgIpc) is 3.08. The molecule has 0 fully saturated rings. The van der Waals surface area contributed by atoms with E-state index in [0.717, 1.165) is 33.6 Å². The van der Waals surface area contributed by atoms with Gasteiger partial charge < -0.3 is 14.7 Å². The fraction of sp³-hybridized carbons (Fsp3) is 0.0526. The third kappa shape index (κ3) is 2.75. The predicted octanol–water partition coefficient (Wildman–Crippen LogP) is 4.04.